The Balaban J connectivity index is 1.17. The normalized spacial score (nSPS) is 14.4. The van der Waals surface area contributed by atoms with Crippen LogP contribution >= 0.6 is 0 Å². The number of benzene rings is 10. The van der Waals surface area contributed by atoms with Crippen LogP contribution in [0.2, 0.25) is 0 Å². The van der Waals surface area contributed by atoms with E-state index in [-0.39, 0.29) is 0 Å². The third-order valence-corrected chi connectivity index (χ3v) is 12.2. The minimum atomic E-state index is -0.460. The topological polar surface area (TPSA) is 6.48 Å². The Kier molecular flexibility index (Phi) is 7.97. The molecule has 2 nitrogen and oxygen atoms in total. The summed E-state index contributed by atoms with van der Waals surface area (Å²) >= 11 is 0. The average molecular weight is 741 g/mol. The third-order valence-electron chi connectivity index (χ3n) is 12.2. The van der Waals surface area contributed by atoms with Crippen LogP contribution in [0.3, 0.4) is 0 Å². The molecular formula is C56H40N2. The van der Waals surface area contributed by atoms with Gasteiger partial charge in [-0.15, -0.1) is 0 Å². The second-order valence-electron chi connectivity index (χ2n) is 15.5. The summed E-state index contributed by atoms with van der Waals surface area (Å²) in [5.74, 6) is 0. The molecule has 0 amide bonds. The summed E-state index contributed by atoms with van der Waals surface area (Å²) in [6.07, 6.45) is 0. The fourth-order valence-corrected chi connectivity index (χ4v) is 9.42. The Morgan fingerprint density at radius 3 is 1.41 bits per heavy atom. The molecule has 10 aromatic carbocycles. The first kappa shape index (κ1) is 33.9. The molecule has 0 N–H and O–H groups in total. The van der Waals surface area contributed by atoms with Gasteiger partial charge < -0.3 is 9.80 Å². The van der Waals surface area contributed by atoms with Crippen LogP contribution in [0.25, 0.3) is 43.4 Å². The first-order chi connectivity index (χ1) is 28.6. The Hall–Kier alpha value is -7.42. The number of anilines is 6. The van der Waals surface area contributed by atoms with Gasteiger partial charge in [0, 0.05) is 39.2 Å². The molecule has 0 aliphatic heterocycles. The van der Waals surface area contributed by atoms with Crippen molar-refractivity contribution in [2.75, 3.05) is 9.80 Å². The summed E-state index contributed by atoms with van der Waals surface area (Å²) in [6, 6.07) is 82.2. The molecule has 0 bridgehead atoms. The molecule has 274 valence electrons. The number of hydrogen-bond acceptors (Lipinski definition) is 2. The van der Waals surface area contributed by atoms with Gasteiger partial charge >= 0.3 is 0 Å². The van der Waals surface area contributed by atoms with Crippen LogP contribution < -0.4 is 9.80 Å². The molecule has 0 radical (unpaired) electrons. The first-order valence-electron chi connectivity index (χ1n) is 20.1. The van der Waals surface area contributed by atoms with Crippen molar-refractivity contribution in [3.05, 3.63) is 241 Å². The summed E-state index contributed by atoms with van der Waals surface area (Å²) in [5.41, 5.74) is 12.8. The smallest absolute Gasteiger partial charge is 0.0543 e. The highest BCUT2D eigenvalue weighted by Crippen LogP contribution is 2.58. The van der Waals surface area contributed by atoms with Gasteiger partial charge in [-0.3, -0.25) is 0 Å². The monoisotopic (exact) mass is 740 g/mol. The van der Waals surface area contributed by atoms with E-state index in [1.165, 1.54) is 60.1 Å². The van der Waals surface area contributed by atoms with Crippen LogP contribution in [0.1, 0.15) is 23.6 Å². The summed E-state index contributed by atoms with van der Waals surface area (Å²) < 4.78 is 0. The van der Waals surface area contributed by atoms with E-state index in [1.807, 2.05) is 0 Å². The second-order valence-corrected chi connectivity index (χ2v) is 15.5. The van der Waals surface area contributed by atoms with Gasteiger partial charge in [-0.2, -0.15) is 0 Å². The van der Waals surface area contributed by atoms with Crippen LogP contribution in [0.15, 0.2) is 224 Å². The highest BCUT2D eigenvalue weighted by molar-refractivity contribution is 6.11. The summed E-state index contributed by atoms with van der Waals surface area (Å²) in [4.78, 5) is 4.85. The lowest BCUT2D eigenvalue weighted by Crippen LogP contribution is -2.23. The van der Waals surface area contributed by atoms with Crippen molar-refractivity contribution < 1.29 is 0 Å². The largest absolute Gasteiger partial charge is 0.310 e. The lowest BCUT2D eigenvalue weighted by molar-refractivity contribution is 0.714. The minimum absolute atomic E-state index is 0.460. The first-order valence-corrected chi connectivity index (χ1v) is 20.1. The number of para-hydroxylation sites is 2. The molecule has 0 fully saturated rings. The van der Waals surface area contributed by atoms with Gasteiger partial charge in [0.05, 0.1) is 5.69 Å². The number of rotatable bonds is 7. The fraction of sp³-hybridized carbons (Fsp3) is 0.0357. The van der Waals surface area contributed by atoms with Crippen molar-refractivity contribution in [3.63, 3.8) is 0 Å². The van der Waals surface area contributed by atoms with Crippen molar-refractivity contribution in [2.45, 2.75) is 12.3 Å². The molecular weight excluding hydrogens is 701 g/mol. The van der Waals surface area contributed by atoms with E-state index >= 15 is 0 Å². The van der Waals surface area contributed by atoms with E-state index in [9.17, 15) is 0 Å². The highest BCUT2D eigenvalue weighted by Gasteiger charge is 2.43. The number of nitrogens with zero attached hydrogens (tertiary/aromatic N) is 2. The molecule has 11 rings (SSSR count). The van der Waals surface area contributed by atoms with E-state index in [2.05, 4.69) is 241 Å². The summed E-state index contributed by atoms with van der Waals surface area (Å²) in [6.45, 7) is 2.43. The average Bonchev–Trinajstić information content (AvgIpc) is 3.55. The Morgan fingerprint density at radius 1 is 0.328 bits per heavy atom. The maximum atomic E-state index is 2.49. The molecule has 1 aliphatic carbocycles. The standard InChI is InChI=1S/C56H40N2/c1-56(43-21-5-2-6-22-43)52-37-48(57(44-23-7-3-8-24-44)46-31-29-39-17-11-13-19-41(39)35-46)33-34-51(52)55-50-28-16-15-27-49(50)54(38-53(55)56)58(45-25-9-4-10-26-45)47-32-30-40-18-12-14-20-42(40)36-47/h2-38H,1H3. The van der Waals surface area contributed by atoms with Crippen LogP contribution in [-0.4, -0.2) is 0 Å². The molecule has 0 aromatic heterocycles. The van der Waals surface area contributed by atoms with Crippen LogP contribution in [0, 0.1) is 0 Å². The van der Waals surface area contributed by atoms with E-state index in [0.29, 0.717) is 0 Å². The van der Waals surface area contributed by atoms with Gasteiger partial charge in [0.1, 0.15) is 0 Å². The van der Waals surface area contributed by atoms with Crippen LogP contribution in [0.5, 0.6) is 0 Å². The molecule has 10 aromatic rings. The Labute approximate surface area is 339 Å². The van der Waals surface area contributed by atoms with Gasteiger partial charge in [0.15, 0.2) is 0 Å². The van der Waals surface area contributed by atoms with Crippen molar-refractivity contribution >= 4 is 66.4 Å². The predicted molar refractivity (Wildman–Crippen MR) is 246 cm³/mol. The second kappa shape index (κ2) is 13.7. The van der Waals surface area contributed by atoms with E-state index in [4.69, 9.17) is 0 Å². The molecule has 0 heterocycles. The van der Waals surface area contributed by atoms with Crippen molar-refractivity contribution in [1.82, 2.24) is 0 Å². The van der Waals surface area contributed by atoms with Gasteiger partial charge in [-0.1, -0.05) is 158 Å². The van der Waals surface area contributed by atoms with Gasteiger partial charge in [0.25, 0.3) is 0 Å². The SMILES string of the molecule is CC1(c2ccccc2)c2cc(N(c3ccccc3)c3ccc4ccccc4c3)ccc2-c2c1cc(N(c1ccccc1)c1ccc3ccccc3c1)c1ccccc21. The fourth-order valence-electron chi connectivity index (χ4n) is 9.42. The van der Waals surface area contributed by atoms with Crippen LogP contribution in [-0.2, 0) is 5.41 Å². The van der Waals surface area contributed by atoms with E-state index in [1.54, 1.807) is 0 Å². The molecule has 1 unspecified atom stereocenters. The predicted octanol–water partition coefficient (Wildman–Crippen LogP) is 15.4. The molecule has 1 aliphatic rings. The van der Waals surface area contributed by atoms with Crippen LogP contribution in [0.4, 0.5) is 34.1 Å². The maximum absolute atomic E-state index is 2.49. The Morgan fingerprint density at radius 2 is 0.793 bits per heavy atom. The van der Waals surface area contributed by atoms with Gasteiger partial charge in [-0.25, -0.2) is 0 Å². The zero-order valence-electron chi connectivity index (χ0n) is 32.3. The lowest BCUT2D eigenvalue weighted by Gasteiger charge is -2.32. The molecule has 0 spiro atoms. The lowest BCUT2D eigenvalue weighted by atomic mass is 9.73. The van der Waals surface area contributed by atoms with E-state index in [0.717, 1.165) is 34.1 Å². The quantitative estimate of drug-likeness (QED) is 0.161. The molecule has 0 saturated heterocycles. The molecule has 2 heteroatoms. The molecule has 1 atom stereocenters. The Bertz CT molecular complexity index is 3140. The van der Waals surface area contributed by atoms with E-state index < -0.39 is 5.41 Å². The number of hydrogen-bond donors (Lipinski definition) is 0. The summed E-state index contributed by atoms with van der Waals surface area (Å²) in [5, 5.41) is 7.37. The van der Waals surface area contributed by atoms with Crippen molar-refractivity contribution in [2.24, 2.45) is 0 Å². The zero-order valence-corrected chi connectivity index (χ0v) is 32.3. The van der Waals surface area contributed by atoms with Crippen molar-refractivity contribution in [1.29, 1.82) is 0 Å². The zero-order chi connectivity index (χ0) is 38.6. The highest BCUT2D eigenvalue weighted by atomic mass is 15.1. The maximum Gasteiger partial charge on any atom is 0.0543 e. The molecule has 0 saturated carbocycles. The van der Waals surface area contributed by atoms with Gasteiger partial charge in [0.2, 0.25) is 0 Å². The van der Waals surface area contributed by atoms with Crippen molar-refractivity contribution in [3.8, 4) is 11.1 Å². The number of fused-ring (bicyclic) bond motifs is 7. The third kappa shape index (κ3) is 5.41. The molecule has 58 heavy (non-hydrogen) atoms. The summed E-state index contributed by atoms with van der Waals surface area (Å²) in [7, 11) is 0. The van der Waals surface area contributed by atoms with Gasteiger partial charge in [-0.05, 0) is 128 Å². The minimum Gasteiger partial charge on any atom is -0.310 e.